The third-order valence-electron chi connectivity index (χ3n) is 2.64. The highest BCUT2D eigenvalue weighted by atomic mass is 32.1. The van der Waals surface area contributed by atoms with Crippen LogP contribution in [0.1, 0.15) is 25.5 Å². The fourth-order valence-electron chi connectivity index (χ4n) is 1.39. The van der Waals surface area contributed by atoms with Crippen molar-refractivity contribution in [2.75, 3.05) is 7.05 Å². The van der Waals surface area contributed by atoms with E-state index in [-0.39, 0.29) is 16.7 Å². The van der Waals surface area contributed by atoms with Gasteiger partial charge >= 0.3 is 0 Å². The summed E-state index contributed by atoms with van der Waals surface area (Å²) in [6.45, 7) is 3.80. The molecule has 0 saturated carbocycles. The molecule has 0 aliphatic carbocycles. The van der Waals surface area contributed by atoms with Crippen molar-refractivity contribution in [2.45, 2.75) is 19.9 Å². The number of rotatable bonds is 3. The van der Waals surface area contributed by atoms with Crippen LogP contribution in [0.3, 0.4) is 0 Å². The molecule has 1 unspecified atom stereocenters. The van der Waals surface area contributed by atoms with Crippen molar-refractivity contribution < 1.29 is 4.92 Å². The molecule has 1 aromatic carbocycles. The molecule has 0 heterocycles. The molecule has 1 rings (SSSR count). The number of nitrogens with zero attached hydrogens (tertiary/aromatic N) is 2. The van der Waals surface area contributed by atoms with Crippen LogP contribution in [-0.2, 0) is 0 Å². The number of thiocarbonyl (C=S) groups is 1. The fraction of sp³-hybridized carbons (Fsp3) is 0.364. The Morgan fingerprint density at radius 3 is 2.69 bits per heavy atom. The maximum Gasteiger partial charge on any atom is 0.269 e. The first-order valence-corrected chi connectivity index (χ1v) is 5.32. The van der Waals surface area contributed by atoms with E-state index in [4.69, 9.17) is 12.2 Å². The molecule has 1 aromatic rings. The second-order valence-electron chi connectivity index (χ2n) is 3.66. The highest BCUT2D eigenvalue weighted by Crippen LogP contribution is 2.23. The Bertz CT molecular complexity index is 420. The molecule has 0 saturated heterocycles. The largest absolute Gasteiger partial charge is 0.363 e. The third kappa shape index (κ3) is 2.76. The van der Waals surface area contributed by atoms with Gasteiger partial charge in [-0.25, -0.2) is 0 Å². The van der Waals surface area contributed by atoms with Crippen LogP contribution in [0.15, 0.2) is 24.3 Å². The van der Waals surface area contributed by atoms with E-state index in [0.717, 1.165) is 10.6 Å². The second-order valence-corrected chi connectivity index (χ2v) is 4.25. The van der Waals surface area contributed by atoms with Gasteiger partial charge in [0.15, 0.2) is 0 Å². The Kier molecular flexibility index (Phi) is 3.95. The van der Waals surface area contributed by atoms with E-state index in [0.29, 0.717) is 0 Å². The quantitative estimate of drug-likeness (QED) is 0.461. The summed E-state index contributed by atoms with van der Waals surface area (Å²) in [5, 5.41) is 10.6. The summed E-state index contributed by atoms with van der Waals surface area (Å²) in [5.74, 6) is 0. The Balaban J connectivity index is 3.00. The number of benzene rings is 1. The Hall–Kier alpha value is -1.49. The monoisotopic (exact) mass is 238 g/mol. The van der Waals surface area contributed by atoms with Crippen molar-refractivity contribution in [3.8, 4) is 0 Å². The fourth-order valence-corrected chi connectivity index (χ4v) is 1.55. The molecule has 0 bridgehead atoms. The molecule has 1 atom stereocenters. The van der Waals surface area contributed by atoms with Crippen molar-refractivity contribution in [3.05, 3.63) is 39.9 Å². The highest BCUT2D eigenvalue weighted by Gasteiger charge is 2.14. The van der Waals surface area contributed by atoms with E-state index in [1.165, 1.54) is 6.07 Å². The van der Waals surface area contributed by atoms with Gasteiger partial charge in [-0.1, -0.05) is 24.4 Å². The number of nitro groups is 1. The normalized spacial score (nSPS) is 11.9. The van der Waals surface area contributed by atoms with E-state index >= 15 is 0 Å². The summed E-state index contributed by atoms with van der Waals surface area (Å²) in [5.41, 5.74) is 1.00. The Morgan fingerprint density at radius 2 is 2.19 bits per heavy atom. The van der Waals surface area contributed by atoms with Crippen LogP contribution >= 0.6 is 12.2 Å². The molecule has 0 aromatic heterocycles. The minimum absolute atomic E-state index is 0.0393. The number of non-ortho nitro benzene ring substituents is 1. The van der Waals surface area contributed by atoms with E-state index < -0.39 is 0 Å². The van der Waals surface area contributed by atoms with E-state index in [2.05, 4.69) is 0 Å². The van der Waals surface area contributed by atoms with Crippen molar-refractivity contribution in [3.63, 3.8) is 0 Å². The van der Waals surface area contributed by atoms with Crippen LogP contribution in [0.5, 0.6) is 0 Å². The average Bonchev–Trinajstić information content (AvgIpc) is 2.27. The maximum atomic E-state index is 10.6. The van der Waals surface area contributed by atoms with E-state index in [1.807, 2.05) is 31.9 Å². The van der Waals surface area contributed by atoms with E-state index in [1.54, 1.807) is 12.1 Å². The summed E-state index contributed by atoms with van der Waals surface area (Å²) >= 11 is 5.07. The molecule has 86 valence electrons. The zero-order chi connectivity index (χ0) is 12.3. The minimum Gasteiger partial charge on any atom is -0.363 e. The van der Waals surface area contributed by atoms with Gasteiger partial charge in [0, 0.05) is 19.2 Å². The van der Waals surface area contributed by atoms with Crippen LogP contribution in [0, 0.1) is 10.1 Å². The minimum atomic E-state index is -0.388. The van der Waals surface area contributed by atoms with Crippen molar-refractivity contribution in [2.24, 2.45) is 0 Å². The summed E-state index contributed by atoms with van der Waals surface area (Å²) in [7, 11) is 1.88. The Labute approximate surface area is 100 Å². The van der Waals surface area contributed by atoms with Crippen molar-refractivity contribution in [1.29, 1.82) is 0 Å². The zero-order valence-corrected chi connectivity index (χ0v) is 10.3. The first-order valence-electron chi connectivity index (χ1n) is 4.91. The lowest BCUT2D eigenvalue weighted by atomic mass is 10.1. The third-order valence-corrected chi connectivity index (χ3v) is 2.93. The molecule has 0 N–H and O–H groups in total. The predicted molar refractivity (Wildman–Crippen MR) is 67.5 cm³/mol. The zero-order valence-electron chi connectivity index (χ0n) is 9.51. The van der Waals surface area contributed by atoms with Crippen LogP contribution in [0.25, 0.3) is 0 Å². The summed E-state index contributed by atoms with van der Waals surface area (Å²) in [6, 6.07) is 6.67. The van der Waals surface area contributed by atoms with Crippen LogP contribution < -0.4 is 0 Å². The van der Waals surface area contributed by atoms with Crippen molar-refractivity contribution >= 4 is 22.9 Å². The lowest BCUT2D eigenvalue weighted by Gasteiger charge is -2.25. The number of hydrogen-bond acceptors (Lipinski definition) is 3. The molecule has 0 aliphatic heterocycles. The average molecular weight is 238 g/mol. The standard InChI is InChI=1S/C11H14N2O2S/c1-8(12(3)9(2)16)10-5-4-6-11(7-10)13(14)15/h4-8H,1-3H3. The lowest BCUT2D eigenvalue weighted by molar-refractivity contribution is -0.384. The summed E-state index contributed by atoms with van der Waals surface area (Å²) in [6.07, 6.45) is 0. The molecule has 5 heteroatoms. The molecular weight excluding hydrogens is 224 g/mol. The van der Waals surface area contributed by atoms with Gasteiger partial charge in [0.05, 0.1) is 16.0 Å². The van der Waals surface area contributed by atoms with Gasteiger partial charge in [-0.3, -0.25) is 10.1 Å². The number of nitro benzene ring substituents is 1. The smallest absolute Gasteiger partial charge is 0.269 e. The second kappa shape index (κ2) is 5.03. The molecular formula is C11H14N2O2S. The van der Waals surface area contributed by atoms with Crippen LogP contribution in [0.2, 0.25) is 0 Å². The first-order chi connectivity index (χ1) is 7.43. The van der Waals surface area contributed by atoms with Gasteiger partial charge < -0.3 is 4.90 Å². The summed E-state index contributed by atoms with van der Waals surface area (Å²) in [4.78, 5) is 12.9. The highest BCUT2D eigenvalue weighted by molar-refractivity contribution is 7.80. The first kappa shape index (κ1) is 12.6. The predicted octanol–water partition coefficient (Wildman–Crippen LogP) is 2.93. The SMILES string of the molecule is CC(=S)N(C)C(C)c1cccc([N+](=O)[O-])c1. The van der Waals surface area contributed by atoms with Gasteiger partial charge in [-0.05, 0) is 19.4 Å². The molecule has 0 aliphatic rings. The maximum absolute atomic E-state index is 10.6. The number of hydrogen-bond donors (Lipinski definition) is 0. The lowest BCUT2D eigenvalue weighted by Crippen LogP contribution is -2.25. The summed E-state index contributed by atoms with van der Waals surface area (Å²) < 4.78 is 0. The molecule has 0 fully saturated rings. The molecule has 16 heavy (non-hydrogen) atoms. The molecule has 4 nitrogen and oxygen atoms in total. The van der Waals surface area contributed by atoms with E-state index in [9.17, 15) is 10.1 Å². The molecule has 0 spiro atoms. The Morgan fingerprint density at radius 1 is 1.56 bits per heavy atom. The topological polar surface area (TPSA) is 46.4 Å². The van der Waals surface area contributed by atoms with Crippen LogP contribution in [0.4, 0.5) is 5.69 Å². The molecule has 0 amide bonds. The van der Waals surface area contributed by atoms with Gasteiger partial charge in [0.25, 0.3) is 5.69 Å². The van der Waals surface area contributed by atoms with Crippen molar-refractivity contribution in [1.82, 2.24) is 4.90 Å². The van der Waals surface area contributed by atoms with Gasteiger partial charge in [-0.2, -0.15) is 0 Å². The molecule has 0 radical (unpaired) electrons. The van der Waals surface area contributed by atoms with Gasteiger partial charge in [0.2, 0.25) is 0 Å². The van der Waals surface area contributed by atoms with Gasteiger partial charge in [-0.15, -0.1) is 0 Å². The van der Waals surface area contributed by atoms with Crippen LogP contribution in [-0.4, -0.2) is 21.9 Å². The van der Waals surface area contributed by atoms with Gasteiger partial charge in [0.1, 0.15) is 0 Å².